The molecule has 6 heavy (non-hydrogen) atoms. The van der Waals surface area contributed by atoms with Crippen molar-refractivity contribution in [3.05, 3.63) is 0 Å². The fourth-order valence-corrected chi connectivity index (χ4v) is 0. The summed E-state index contributed by atoms with van der Waals surface area (Å²) in [5.41, 5.74) is 0. The predicted octanol–water partition coefficient (Wildman–Crippen LogP) is -1.12. The Morgan fingerprint density at radius 1 is 1.17 bits per heavy atom. The Morgan fingerprint density at radius 2 is 1.17 bits per heavy atom. The van der Waals surface area contributed by atoms with Crippen molar-refractivity contribution in [1.82, 2.24) is 0 Å². The van der Waals surface area contributed by atoms with E-state index < -0.39 is 9.29 Å². The second-order valence-electron chi connectivity index (χ2n) is 0.0833. The summed E-state index contributed by atoms with van der Waals surface area (Å²) < 4.78 is 25.1. The van der Waals surface area contributed by atoms with Gasteiger partial charge in [0.05, 0.1) is 0 Å². The first kappa shape index (κ1) is 15.7. The molecule has 3 nitrogen and oxygen atoms in total. The SMILES string of the molecule is O=[Si]=O.[O]=[Sn].[Zn]. The van der Waals surface area contributed by atoms with Gasteiger partial charge in [-0.15, -0.1) is 0 Å². The van der Waals surface area contributed by atoms with Gasteiger partial charge in [0.2, 0.25) is 0 Å². The number of hydrogen-bond donors (Lipinski definition) is 0. The van der Waals surface area contributed by atoms with Gasteiger partial charge in [-0.2, -0.15) is 0 Å². The van der Waals surface area contributed by atoms with Crippen LogP contribution >= 0.6 is 0 Å². The third-order valence-electron chi connectivity index (χ3n) is 0. The predicted molar refractivity (Wildman–Crippen MR) is 13.6 cm³/mol. The van der Waals surface area contributed by atoms with Crippen LogP contribution in [0.5, 0.6) is 0 Å². The second kappa shape index (κ2) is 36.9. The average molecular weight is 260 g/mol. The zero-order valence-electron chi connectivity index (χ0n) is 2.93. The fraction of sp³-hybridized carbons (Fsp3) is 0. The van der Waals surface area contributed by atoms with Crippen molar-refractivity contribution >= 4 is 31.8 Å². The summed E-state index contributed by atoms with van der Waals surface area (Å²) >= 11 is 0.300. The van der Waals surface area contributed by atoms with E-state index in [4.69, 9.17) is 12.0 Å². The maximum absolute atomic E-state index is 8.40. The monoisotopic (exact) mass is 260 g/mol. The van der Waals surface area contributed by atoms with Crippen LogP contribution in [0.25, 0.3) is 0 Å². The van der Waals surface area contributed by atoms with Crippen molar-refractivity contribution in [2.45, 2.75) is 0 Å². The summed E-state index contributed by atoms with van der Waals surface area (Å²) in [7, 11) is -1.42. The van der Waals surface area contributed by atoms with Crippen LogP contribution in [-0.4, -0.2) is 31.8 Å². The summed E-state index contributed by atoms with van der Waals surface area (Å²) in [6, 6.07) is 0. The summed E-state index contributed by atoms with van der Waals surface area (Å²) in [5.74, 6) is 0. The van der Waals surface area contributed by atoms with Gasteiger partial charge in [0.15, 0.2) is 0 Å². The minimum Gasteiger partial charge on any atom is 0 e. The van der Waals surface area contributed by atoms with E-state index in [2.05, 4.69) is 0 Å². The summed E-state index contributed by atoms with van der Waals surface area (Å²) in [6.07, 6.45) is 0. The molecule has 0 N–H and O–H groups in total. The van der Waals surface area contributed by atoms with Crippen molar-refractivity contribution < 1.29 is 31.5 Å². The Bertz CT molecular complexity index is 40.1. The van der Waals surface area contributed by atoms with Crippen molar-refractivity contribution in [3.63, 3.8) is 0 Å². The van der Waals surface area contributed by atoms with Crippen molar-refractivity contribution in [2.75, 3.05) is 0 Å². The van der Waals surface area contributed by atoms with E-state index in [1.54, 1.807) is 0 Å². The van der Waals surface area contributed by atoms with Crippen LogP contribution < -0.4 is 0 Å². The van der Waals surface area contributed by atoms with Gasteiger partial charge in [0, 0.05) is 19.5 Å². The molecule has 0 aromatic carbocycles. The maximum atomic E-state index is 8.40. The van der Waals surface area contributed by atoms with Crippen molar-refractivity contribution in [3.8, 4) is 0 Å². The maximum Gasteiger partial charge on any atom is 0 e. The molecule has 0 atom stereocenters. The molecule has 0 amide bonds. The smallest absolute Gasteiger partial charge is 0 e. The molecule has 0 saturated carbocycles. The van der Waals surface area contributed by atoms with E-state index in [0.29, 0.717) is 22.5 Å². The zero-order chi connectivity index (χ0) is 4.71. The first-order valence-electron chi connectivity index (χ1n) is 0.612. The van der Waals surface area contributed by atoms with Gasteiger partial charge in [-0.3, -0.25) is 8.92 Å². The van der Waals surface area contributed by atoms with Crippen LogP contribution in [-0.2, 0) is 31.5 Å². The standard InChI is InChI=1S/O2Si.O.Sn.Zn/c1-3-2;;;. The molecule has 0 aliphatic heterocycles. The van der Waals surface area contributed by atoms with E-state index in [9.17, 15) is 0 Å². The molecule has 0 fully saturated rings. The van der Waals surface area contributed by atoms with Crippen LogP contribution in [0.1, 0.15) is 0 Å². The normalized spacial score (nSPS) is 2.00. The largest absolute Gasteiger partial charge is 0 e. The van der Waals surface area contributed by atoms with Gasteiger partial charge in [-0.05, 0) is 0 Å². The minimum absolute atomic E-state index is 0. The topological polar surface area (TPSA) is 51.2 Å². The third kappa shape index (κ3) is 76.2. The van der Waals surface area contributed by atoms with E-state index >= 15 is 0 Å². The Kier molecular flexibility index (Phi) is 96.7. The minimum atomic E-state index is -1.42. The van der Waals surface area contributed by atoms with Gasteiger partial charge in [-0.1, -0.05) is 0 Å². The van der Waals surface area contributed by atoms with E-state index in [1.165, 1.54) is 0 Å². The second-order valence-corrected chi connectivity index (χ2v) is 0.250. The van der Waals surface area contributed by atoms with Crippen LogP contribution in [0.2, 0.25) is 0 Å². The zero-order valence-corrected chi connectivity index (χ0v) is 9.75. The number of hydrogen-bond acceptors (Lipinski definition) is 3. The molecule has 0 unspecified atom stereocenters. The van der Waals surface area contributed by atoms with Gasteiger partial charge < -0.3 is 0 Å². The molecule has 6 heteroatoms. The molecule has 0 rings (SSSR count). The van der Waals surface area contributed by atoms with Crippen LogP contribution in [0, 0.1) is 0 Å². The molecule has 28 valence electrons. The summed E-state index contributed by atoms with van der Waals surface area (Å²) in [4.78, 5) is 0. The van der Waals surface area contributed by atoms with Gasteiger partial charge in [-0.25, -0.2) is 0 Å². The quantitative estimate of drug-likeness (QED) is 0.518. The molecule has 0 aliphatic rings. The van der Waals surface area contributed by atoms with Gasteiger partial charge in [0.25, 0.3) is 0 Å². The van der Waals surface area contributed by atoms with Gasteiger partial charge in [0.1, 0.15) is 0 Å². The van der Waals surface area contributed by atoms with E-state index in [-0.39, 0.29) is 19.5 Å². The Balaban J connectivity index is -0.0000000275. The van der Waals surface area contributed by atoms with E-state index in [0.717, 1.165) is 0 Å². The Hall–Kier alpha value is 1.04. The molecule has 2 radical (unpaired) electrons. The van der Waals surface area contributed by atoms with Crippen LogP contribution in [0.15, 0.2) is 0 Å². The molecular formula is O3SiSnZn. The van der Waals surface area contributed by atoms with Crippen molar-refractivity contribution in [1.29, 1.82) is 0 Å². The molecule has 0 aromatic rings. The first-order chi connectivity index (χ1) is 2.41. The Morgan fingerprint density at radius 3 is 1.17 bits per heavy atom. The number of rotatable bonds is 0. The first-order valence-corrected chi connectivity index (χ1v) is 2.59. The van der Waals surface area contributed by atoms with E-state index in [1.807, 2.05) is 0 Å². The summed E-state index contributed by atoms with van der Waals surface area (Å²) in [6.45, 7) is 0. The molecule has 0 saturated heterocycles. The van der Waals surface area contributed by atoms with Gasteiger partial charge >= 0.3 is 34.9 Å². The fourth-order valence-electron chi connectivity index (χ4n) is 0. The molecule has 0 heterocycles. The van der Waals surface area contributed by atoms with Crippen LogP contribution in [0.3, 0.4) is 0 Å². The van der Waals surface area contributed by atoms with Crippen LogP contribution in [0.4, 0.5) is 0 Å². The third-order valence-corrected chi connectivity index (χ3v) is 0. The summed E-state index contributed by atoms with van der Waals surface area (Å²) in [5, 5.41) is 0. The molecule has 0 bridgehead atoms. The Labute approximate surface area is 63.0 Å². The molecule has 0 aromatic heterocycles. The molecule has 0 spiro atoms. The van der Waals surface area contributed by atoms with Crippen molar-refractivity contribution in [2.24, 2.45) is 0 Å². The molecule has 0 aliphatic carbocycles. The molecular weight excluding hydrogens is 260 g/mol. The average Bonchev–Trinajstić information content (AvgIpc) is 1.46.